The fourth-order valence-electron chi connectivity index (χ4n) is 2.77. The molecule has 0 bridgehead atoms. The number of rotatable bonds is 2. The Bertz CT molecular complexity index is 629. The minimum atomic E-state index is -0.0337. The van der Waals surface area contributed by atoms with Crippen molar-refractivity contribution in [2.45, 2.75) is 37.8 Å². The third-order valence-corrected chi connectivity index (χ3v) is 4.62. The summed E-state index contributed by atoms with van der Waals surface area (Å²) >= 11 is 3.49. The van der Waals surface area contributed by atoms with E-state index in [1.807, 2.05) is 24.3 Å². The number of H-pyrrole nitrogens is 1. The SMILES string of the molecule is NC1CCC(NC(=O)c2cc3cccc(Br)c3[nH]2)CC1. The first-order valence-electron chi connectivity index (χ1n) is 6.97. The second-order valence-corrected chi connectivity index (χ2v) is 6.33. The Hall–Kier alpha value is -1.33. The first kappa shape index (κ1) is 13.6. The molecule has 0 atom stereocenters. The lowest BCUT2D eigenvalue weighted by Crippen LogP contribution is -2.40. The highest BCUT2D eigenvalue weighted by atomic mass is 79.9. The van der Waals surface area contributed by atoms with Crippen LogP contribution in [0.3, 0.4) is 0 Å². The van der Waals surface area contributed by atoms with Crippen LogP contribution >= 0.6 is 15.9 Å². The van der Waals surface area contributed by atoms with Gasteiger partial charge in [-0.2, -0.15) is 0 Å². The Kier molecular flexibility index (Phi) is 3.81. The molecule has 1 heterocycles. The molecule has 0 spiro atoms. The summed E-state index contributed by atoms with van der Waals surface area (Å²) in [6.45, 7) is 0. The van der Waals surface area contributed by atoms with Crippen LogP contribution in [0, 0.1) is 0 Å². The van der Waals surface area contributed by atoms with Crippen molar-refractivity contribution in [2.75, 3.05) is 0 Å². The van der Waals surface area contributed by atoms with Gasteiger partial charge in [0.15, 0.2) is 0 Å². The summed E-state index contributed by atoms with van der Waals surface area (Å²) < 4.78 is 0.970. The molecule has 0 saturated heterocycles. The zero-order valence-corrected chi connectivity index (χ0v) is 12.7. The number of carbonyl (C=O) groups excluding carboxylic acids is 1. The van der Waals surface area contributed by atoms with Crippen molar-refractivity contribution in [1.82, 2.24) is 10.3 Å². The van der Waals surface area contributed by atoms with Gasteiger partial charge < -0.3 is 16.0 Å². The summed E-state index contributed by atoms with van der Waals surface area (Å²) in [7, 11) is 0. The molecule has 4 nitrogen and oxygen atoms in total. The molecule has 1 amide bonds. The summed E-state index contributed by atoms with van der Waals surface area (Å²) in [6.07, 6.45) is 3.92. The maximum Gasteiger partial charge on any atom is 0.267 e. The third kappa shape index (κ3) is 2.74. The van der Waals surface area contributed by atoms with E-state index in [1.165, 1.54) is 0 Å². The number of hydrogen-bond acceptors (Lipinski definition) is 2. The number of amides is 1. The van der Waals surface area contributed by atoms with E-state index >= 15 is 0 Å². The summed E-state index contributed by atoms with van der Waals surface area (Å²) in [6, 6.07) is 8.36. The zero-order valence-electron chi connectivity index (χ0n) is 11.2. The Morgan fingerprint density at radius 1 is 1.30 bits per heavy atom. The Morgan fingerprint density at radius 2 is 2.05 bits per heavy atom. The van der Waals surface area contributed by atoms with Crippen LogP contribution in [0.4, 0.5) is 0 Å². The smallest absolute Gasteiger partial charge is 0.267 e. The van der Waals surface area contributed by atoms with E-state index in [0.29, 0.717) is 11.7 Å². The lowest BCUT2D eigenvalue weighted by molar-refractivity contribution is 0.0921. The monoisotopic (exact) mass is 335 g/mol. The standard InChI is InChI=1S/C15H18BrN3O/c16-12-3-1-2-9-8-13(19-14(9)12)15(20)18-11-6-4-10(17)5-7-11/h1-3,8,10-11,19H,4-7,17H2,(H,18,20). The van der Waals surface area contributed by atoms with Crippen molar-refractivity contribution in [2.24, 2.45) is 5.73 Å². The topological polar surface area (TPSA) is 70.9 Å². The minimum absolute atomic E-state index is 0.0337. The second-order valence-electron chi connectivity index (χ2n) is 5.47. The number of para-hydroxylation sites is 1. The van der Waals surface area contributed by atoms with Gasteiger partial charge in [-0.1, -0.05) is 12.1 Å². The number of halogens is 1. The van der Waals surface area contributed by atoms with Gasteiger partial charge in [0.05, 0.1) is 5.52 Å². The molecule has 1 aliphatic rings. The number of fused-ring (bicyclic) bond motifs is 1. The van der Waals surface area contributed by atoms with Gasteiger partial charge in [-0.25, -0.2) is 0 Å². The molecule has 1 fully saturated rings. The van der Waals surface area contributed by atoms with Crippen LogP contribution in [-0.2, 0) is 0 Å². The highest BCUT2D eigenvalue weighted by Crippen LogP contribution is 2.24. The first-order chi connectivity index (χ1) is 9.63. The number of nitrogens with one attached hydrogen (secondary N) is 2. The van der Waals surface area contributed by atoms with Crippen molar-refractivity contribution in [1.29, 1.82) is 0 Å². The maximum absolute atomic E-state index is 12.3. The van der Waals surface area contributed by atoms with Gasteiger partial charge in [0.25, 0.3) is 5.91 Å². The lowest BCUT2D eigenvalue weighted by atomic mass is 9.92. The number of hydrogen-bond donors (Lipinski definition) is 3. The molecule has 1 aliphatic carbocycles. The zero-order chi connectivity index (χ0) is 14.1. The van der Waals surface area contributed by atoms with Gasteiger partial charge in [0.1, 0.15) is 5.69 Å². The molecular formula is C15H18BrN3O. The van der Waals surface area contributed by atoms with E-state index in [9.17, 15) is 4.79 Å². The highest BCUT2D eigenvalue weighted by molar-refractivity contribution is 9.10. The van der Waals surface area contributed by atoms with Crippen molar-refractivity contribution < 1.29 is 4.79 Å². The number of benzene rings is 1. The minimum Gasteiger partial charge on any atom is -0.350 e. The molecule has 1 aromatic heterocycles. The van der Waals surface area contributed by atoms with E-state index in [1.54, 1.807) is 0 Å². The molecule has 106 valence electrons. The van der Waals surface area contributed by atoms with Crippen LogP contribution in [0.15, 0.2) is 28.7 Å². The molecule has 5 heteroatoms. The number of aromatic amines is 1. The Balaban J connectivity index is 1.74. The van der Waals surface area contributed by atoms with Crippen LogP contribution in [0.5, 0.6) is 0 Å². The molecule has 0 unspecified atom stereocenters. The summed E-state index contributed by atoms with van der Waals surface area (Å²) in [4.78, 5) is 15.5. The summed E-state index contributed by atoms with van der Waals surface area (Å²) in [5.41, 5.74) is 7.46. The largest absolute Gasteiger partial charge is 0.350 e. The predicted octanol–water partition coefficient (Wildman–Crippen LogP) is 2.93. The molecule has 2 aromatic rings. The van der Waals surface area contributed by atoms with Crippen LogP contribution in [0.25, 0.3) is 10.9 Å². The molecule has 4 N–H and O–H groups in total. The summed E-state index contributed by atoms with van der Waals surface area (Å²) in [5, 5.41) is 4.13. The molecule has 1 saturated carbocycles. The van der Waals surface area contributed by atoms with Crippen molar-refractivity contribution in [3.05, 3.63) is 34.4 Å². The quantitative estimate of drug-likeness (QED) is 0.789. The molecule has 1 aromatic carbocycles. The van der Waals surface area contributed by atoms with Crippen LogP contribution in [0.1, 0.15) is 36.2 Å². The summed E-state index contributed by atoms with van der Waals surface area (Å²) in [5.74, 6) is -0.0337. The van der Waals surface area contributed by atoms with E-state index in [-0.39, 0.29) is 11.9 Å². The molecule has 20 heavy (non-hydrogen) atoms. The molecule has 3 rings (SSSR count). The Morgan fingerprint density at radius 3 is 2.75 bits per heavy atom. The van der Waals surface area contributed by atoms with E-state index in [0.717, 1.165) is 41.1 Å². The number of aromatic nitrogens is 1. The van der Waals surface area contributed by atoms with Crippen molar-refractivity contribution >= 4 is 32.7 Å². The van der Waals surface area contributed by atoms with Gasteiger partial charge in [-0.3, -0.25) is 4.79 Å². The van der Waals surface area contributed by atoms with Gasteiger partial charge in [0.2, 0.25) is 0 Å². The first-order valence-corrected chi connectivity index (χ1v) is 7.76. The third-order valence-electron chi connectivity index (χ3n) is 3.96. The maximum atomic E-state index is 12.3. The second kappa shape index (κ2) is 5.58. The van der Waals surface area contributed by atoms with Gasteiger partial charge in [-0.05, 0) is 53.7 Å². The van der Waals surface area contributed by atoms with Gasteiger partial charge in [0, 0.05) is 21.9 Å². The fraction of sp³-hybridized carbons (Fsp3) is 0.400. The van der Waals surface area contributed by atoms with E-state index in [2.05, 4.69) is 26.2 Å². The highest BCUT2D eigenvalue weighted by Gasteiger charge is 2.21. The number of carbonyl (C=O) groups is 1. The average Bonchev–Trinajstić information content (AvgIpc) is 2.87. The van der Waals surface area contributed by atoms with Crippen LogP contribution in [-0.4, -0.2) is 23.0 Å². The fourth-order valence-corrected chi connectivity index (χ4v) is 3.25. The van der Waals surface area contributed by atoms with Crippen LogP contribution in [0.2, 0.25) is 0 Å². The van der Waals surface area contributed by atoms with Crippen molar-refractivity contribution in [3.63, 3.8) is 0 Å². The molecule has 0 radical (unpaired) electrons. The predicted molar refractivity (Wildman–Crippen MR) is 83.7 cm³/mol. The Labute approximate surface area is 126 Å². The normalized spacial score (nSPS) is 22.9. The number of nitrogens with two attached hydrogens (primary N) is 1. The average molecular weight is 336 g/mol. The van der Waals surface area contributed by atoms with Gasteiger partial charge >= 0.3 is 0 Å². The van der Waals surface area contributed by atoms with Gasteiger partial charge in [-0.15, -0.1) is 0 Å². The molecule has 0 aliphatic heterocycles. The van der Waals surface area contributed by atoms with Crippen LogP contribution < -0.4 is 11.1 Å². The van der Waals surface area contributed by atoms with E-state index in [4.69, 9.17) is 5.73 Å². The molecular weight excluding hydrogens is 318 g/mol. The van der Waals surface area contributed by atoms with E-state index < -0.39 is 0 Å². The van der Waals surface area contributed by atoms with Crippen molar-refractivity contribution in [3.8, 4) is 0 Å². The lowest BCUT2D eigenvalue weighted by Gasteiger charge is -2.26.